The topological polar surface area (TPSA) is 84.6 Å². The number of nitrogens with two attached hydrogens (primary N) is 1. The van der Waals surface area contributed by atoms with Gasteiger partial charge in [0.25, 0.3) is 5.91 Å². The first-order valence-corrected chi connectivity index (χ1v) is 7.54. The molecule has 1 aromatic carbocycles. The molecule has 0 radical (unpaired) electrons. The van der Waals surface area contributed by atoms with Crippen molar-refractivity contribution in [2.24, 2.45) is 5.73 Å². The number of nitrogens with zero attached hydrogens (tertiary/aromatic N) is 4. The Kier molecular flexibility index (Phi) is 4.45. The molecule has 8 heteroatoms. The molecule has 1 saturated heterocycles. The summed E-state index contributed by atoms with van der Waals surface area (Å²) in [7, 11) is 1.44. The second-order valence-electron chi connectivity index (χ2n) is 5.42. The first kappa shape index (κ1) is 16.0. The van der Waals surface area contributed by atoms with Crippen LogP contribution in [-0.4, -0.2) is 49.2 Å². The van der Waals surface area contributed by atoms with Crippen molar-refractivity contribution in [2.75, 3.05) is 43.1 Å². The lowest BCUT2D eigenvalue weighted by atomic mass is 10.2. The van der Waals surface area contributed by atoms with E-state index in [-0.39, 0.29) is 17.3 Å². The molecule has 126 valence electrons. The number of ether oxygens (including phenoxy) is 1. The molecule has 2 N–H and O–H groups in total. The number of aromatic nitrogens is 2. The largest absolute Gasteiger partial charge is 0.494 e. The normalized spacial score (nSPS) is 14.6. The van der Waals surface area contributed by atoms with Gasteiger partial charge >= 0.3 is 0 Å². The lowest BCUT2D eigenvalue weighted by Crippen LogP contribution is -2.47. The Bertz CT molecular complexity index is 747. The minimum absolute atomic E-state index is 0.146. The van der Waals surface area contributed by atoms with Gasteiger partial charge in [-0.2, -0.15) is 0 Å². The molecule has 24 heavy (non-hydrogen) atoms. The highest BCUT2D eigenvalue weighted by atomic mass is 19.1. The average Bonchev–Trinajstić information content (AvgIpc) is 2.62. The molecule has 0 atom stereocenters. The van der Waals surface area contributed by atoms with Gasteiger partial charge in [0.1, 0.15) is 11.5 Å². The van der Waals surface area contributed by atoms with Gasteiger partial charge in [0.05, 0.1) is 19.5 Å². The highest BCUT2D eigenvalue weighted by Gasteiger charge is 2.20. The number of benzene rings is 1. The summed E-state index contributed by atoms with van der Waals surface area (Å²) in [5.74, 6) is -0.128. The van der Waals surface area contributed by atoms with Gasteiger partial charge in [0.15, 0.2) is 11.6 Å². The van der Waals surface area contributed by atoms with Crippen molar-refractivity contribution in [1.29, 1.82) is 0 Å². The molecule has 0 spiro atoms. The van der Waals surface area contributed by atoms with Crippen LogP contribution in [0.5, 0.6) is 5.75 Å². The molecule has 1 aliphatic heterocycles. The van der Waals surface area contributed by atoms with E-state index in [2.05, 4.69) is 14.9 Å². The summed E-state index contributed by atoms with van der Waals surface area (Å²) in [6, 6.07) is 4.94. The van der Waals surface area contributed by atoms with Crippen molar-refractivity contribution in [3.05, 3.63) is 42.1 Å². The van der Waals surface area contributed by atoms with E-state index < -0.39 is 5.91 Å². The smallest absolute Gasteiger partial charge is 0.268 e. The number of amides is 1. The van der Waals surface area contributed by atoms with E-state index in [9.17, 15) is 9.18 Å². The number of carbonyl (C=O) groups is 1. The summed E-state index contributed by atoms with van der Waals surface area (Å²) in [5, 5.41) is 0. The average molecular weight is 331 g/mol. The van der Waals surface area contributed by atoms with Crippen LogP contribution in [0.15, 0.2) is 30.6 Å². The van der Waals surface area contributed by atoms with E-state index in [4.69, 9.17) is 10.5 Å². The summed E-state index contributed by atoms with van der Waals surface area (Å²) in [4.78, 5) is 23.5. The minimum Gasteiger partial charge on any atom is -0.494 e. The molecule has 1 aliphatic rings. The van der Waals surface area contributed by atoms with E-state index in [0.29, 0.717) is 32.0 Å². The Hall–Kier alpha value is -2.90. The lowest BCUT2D eigenvalue weighted by Gasteiger charge is -2.36. The minimum atomic E-state index is -0.600. The predicted molar refractivity (Wildman–Crippen MR) is 87.9 cm³/mol. The van der Waals surface area contributed by atoms with Crippen LogP contribution >= 0.6 is 0 Å². The Balaban J connectivity index is 1.68. The molecule has 7 nitrogen and oxygen atoms in total. The molecule has 3 rings (SSSR count). The fraction of sp³-hybridized carbons (Fsp3) is 0.312. The van der Waals surface area contributed by atoms with Crippen molar-refractivity contribution < 1.29 is 13.9 Å². The summed E-state index contributed by atoms with van der Waals surface area (Å²) >= 11 is 0. The highest BCUT2D eigenvalue weighted by Crippen LogP contribution is 2.25. The SMILES string of the molecule is COc1ccc(N2CCN(c3cncc(C(N)=O)n3)CC2)cc1F. The second-order valence-corrected chi connectivity index (χ2v) is 5.42. The second kappa shape index (κ2) is 6.69. The van der Waals surface area contributed by atoms with Crippen LogP contribution < -0.4 is 20.3 Å². The number of methoxy groups -OCH3 is 1. The summed E-state index contributed by atoms with van der Waals surface area (Å²) in [5.41, 5.74) is 6.19. The Morgan fingerprint density at radius 2 is 1.92 bits per heavy atom. The molecule has 1 fully saturated rings. The van der Waals surface area contributed by atoms with E-state index >= 15 is 0 Å². The van der Waals surface area contributed by atoms with E-state index in [1.807, 2.05) is 11.0 Å². The Labute approximate surface area is 138 Å². The van der Waals surface area contributed by atoms with Gasteiger partial charge < -0.3 is 20.3 Å². The van der Waals surface area contributed by atoms with Gasteiger partial charge in [-0.15, -0.1) is 0 Å². The molecule has 1 aromatic heterocycles. The van der Waals surface area contributed by atoms with Crippen LogP contribution in [-0.2, 0) is 0 Å². The molecule has 2 aromatic rings. The number of anilines is 2. The summed E-state index contributed by atoms with van der Waals surface area (Å²) < 4.78 is 18.8. The molecule has 0 saturated carbocycles. The van der Waals surface area contributed by atoms with E-state index in [1.54, 1.807) is 12.3 Å². The van der Waals surface area contributed by atoms with E-state index in [1.165, 1.54) is 19.4 Å². The Morgan fingerprint density at radius 3 is 2.54 bits per heavy atom. The van der Waals surface area contributed by atoms with E-state index in [0.717, 1.165) is 5.69 Å². The maximum Gasteiger partial charge on any atom is 0.268 e. The predicted octanol–water partition coefficient (Wildman–Crippen LogP) is 1.05. The molecular formula is C16H18FN5O2. The third kappa shape index (κ3) is 3.22. The molecular weight excluding hydrogens is 313 g/mol. The van der Waals surface area contributed by atoms with Crippen LogP contribution in [0.2, 0.25) is 0 Å². The zero-order chi connectivity index (χ0) is 17.1. The van der Waals surface area contributed by atoms with Gasteiger partial charge in [0, 0.05) is 37.9 Å². The van der Waals surface area contributed by atoms with Crippen molar-refractivity contribution in [2.45, 2.75) is 0 Å². The number of rotatable bonds is 4. The number of piperazine rings is 1. The number of hydrogen-bond acceptors (Lipinski definition) is 6. The van der Waals surface area contributed by atoms with Crippen LogP contribution in [0.3, 0.4) is 0 Å². The van der Waals surface area contributed by atoms with Gasteiger partial charge in [-0.25, -0.2) is 9.37 Å². The lowest BCUT2D eigenvalue weighted by molar-refractivity contribution is 0.0995. The molecule has 0 bridgehead atoms. The zero-order valence-corrected chi connectivity index (χ0v) is 13.3. The zero-order valence-electron chi connectivity index (χ0n) is 13.3. The molecule has 1 amide bonds. The maximum atomic E-state index is 13.8. The maximum absolute atomic E-state index is 13.8. The highest BCUT2D eigenvalue weighted by molar-refractivity contribution is 5.90. The molecule has 0 unspecified atom stereocenters. The molecule has 2 heterocycles. The monoisotopic (exact) mass is 331 g/mol. The fourth-order valence-electron chi connectivity index (χ4n) is 2.67. The first-order chi connectivity index (χ1) is 11.6. The van der Waals surface area contributed by atoms with Crippen LogP contribution in [0.4, 0.5) is 15.9 Å². The fourth-order valence-corrected chi connectivity index (χ4v) is 2.67. The van der Waals surface area contributed by atoms with Crippen LogP contribution in [0, 0.1) is 5.82 Å². The quantitative estimate of drug-likeness (QED) is 0.901. The third-order valence-electron chi connectivity index (χ3n) is 3.98. The number of primary amides is 1. The van der Waals surface area contributed by atoms with Crippen molar-refractivity contribution in [3.8, 4) is 5.75 Å². The van der Waals surface area contributed by atoms with Crippen LogP contribution in [0.25, 0.3) is 0 Å². The van der Waals surface area contributed by atoms with Crippen molar-refractivity contribution >= 4 is 17.4 Å². The standard InChI is InChI=1S/C16H18FN5O2/c1-24-14-3-2-11(8-12(14)17)21-4-6-22(7-5-21)15-10-19-9-13(20-15)16(18)23/h2-3,8-10H,4-7H2,1H3,(H2,18,23). The molecule has 0 aliphatic carbocycles. The van der Waals surface area contributed by atoms with Crippen molar-refractivity contribution in [3.63, 3.8) is 0 Å². The third-order valence-corrected chi connectivity index (χ3v) is 3.98. The van der Waals surface area contributed by atoms with Gasteiger partial charge in [0.2, 0.25) is 0 Å². The van der Waals surface area contributed by atoms with Crippen LogP contribution in [0.1, 0.15) is 10.5 Å². The number of hydrogen-bond donors (Lipinski definition) is 1. The van der Waals surface area contributed by atoms with Gasteiger partial charge in [-0.1, -0.05) is 0 Å². The Morgan fingerprint density at radius 1 is 1.21 bits per heavy atom. The number of carbonyl (C=O) groups excluding carboxylic acids is 1. The van der Waals surface area contributed by atoms with Gasteiger partial charge in [-0.05, 0) is 12.1 Å². The van der Waals surface area contributed by atoms with Gasteiger partial charge in [-0.3, -0.25) is 9.78 Å². The summed E-state index contributed by atoms with van der Waals surface area (Å²) in [6.07, 6.45) is 2.96. The first-order valence-electron chi connectivity index (χ1n) is 7.54. The van der Waals surface area contributed by atoms with Crippen molar-refractivity contribution in [1.82, 2.24) is 9.97 Å². The number of halogens is 1. The summed E-state index contributed by atoms with van der Waals surface area (Å²) in [6.45, 7) is 2.78.